The van der Waals surface area contributed by atoms with Crippen LogP contribution in [0.2, 0.25) is 5.02 Å². The van der Waals surface area contributed by atoms with E-state index in [-0.39, 0.29) is 30.5 Å². The van der Waals surface area contributed by atoms with Crippen molar-refractivity contribution >= 4 is 17.6 Å². The third-order valence-electron chi connectivity index (χ3n) is 5.66. The van der Waals surface area contributed by atoms with E-state index in [0.29, 0.717) is 42.9 Å². The van der Waals surface area contributed by atoms with E-state index in [1.807, 2.05) is 26.0 Å². The van der Waals surface area contributed by atoms with E-state index in [2.05, 4.69) is 0 Å². The molecule has 184 valence electrons. The van der Waals surface area contributed by atoms with Crippen LogP contribution in [0.4, 0.5) is 0 Å². The van der Waals surface area contributed by atoms with Crippen molar-refractivity contribution in [1.29, 1.82) is 0 Å². The number of aliphatic hydroxyl groups is 3. The lowest BCUT2D eigenvalue weighted by atomic mass is 9.73. The smallest absolute Gasteiger partial charge is 0.306 e. The topological polar surface area (TPSA) is 96.2 Å². The Balaban J connectivity index is 1.83. The molecule has 0 bridgehead atoms. The summed E-state index contributed by atoms with van der Waals surface area (Å²) in [5, 5.41) is 31.9. The van der Waals surface area contributed by atoms with E-state index < -0.39 is 18.3 Å². The fraction of sp³-hybridized carbons (Fsp3) is 0.577. The van der Waals surface area contributed by atoms with Crippen molar-refractivity contribution in [2.24, 2.45) is 11.8 Å². The predicted molar refractivity (Wildman–Crippen MR) is 129 cm³/mol. The van der Waals surface area contributed by atoms with Crippen molar-refractivity contribution < 1.29 is 29.6 Å². The Hall–Kier alpha value is -1.86. The molecule has 7 heteroatoms. The minimum Gasteiger partial charge on any atom is -0.491 e. The van der Waals surface area contributed by atoms with Gasteiger partial charge < -0.3 is 24.8 Å². The van der Waals surface area contributed by atoms with Crippen LogP contribution in [0.1, 0.15) is 52.4 Å². The first-order valence-electron chi connectivity index (χ1n) is 11.7. The first-order chi connectivity index (χ1) is 15.8. The van der Waals surface area contributed by atoms with Gasteiger partial charge in [0.25, 0.3) is 0 Å². The normalized spacial score (nSPS) is 24.5. The number of halogens is 1. The maximum Gasteiger partial charge on any atom is 0.306 e. The average molecular weight is 481 g/mol. The van der Waals surface area contributed by atoms with E-state index in [1.54, 1.807) is 36.4 Å². The first kappa shape index (κ1) is 27.4. The number of benzene rings is 1. The minimum absolute atomic E-state index is 0.0615. The van der Waals surface area contributed by atoms with Crippen LogP contribution in [-0.2, 0) is 9.53 Å². The van der Waals surface area contributed by atoms with Gasteiger partial charge in [0, 0.05) is 17.4 Å². The van der Waals surface area contributed by atoms with Gasteiger partial charge in [0.2, 0.25) is 0 Å². The molecule has 0 amide bonds. The Morgan fingerprint density at radius 2 is 1.97 bits per heavy atom. The number of aliphatic hydroxyl groups excluding tert-OH is 3. The van der Waals surface area contributed by atoms with E-state index in [1.165, 1.54) is 0 Å². The third kappa shape index (κ3) is 10.3. The van der Waals surface area contributed by atoms with Gasteiger partial charge in [-0.2, -0.15) is 0 Å². The van der Waals surface area contributed by atoms with Crippen LogP contribution in [-0.4, -0.2) is 52.3 Å². The van der Waals surface area contributed by atoms with Crippen molar-refractivity contribution in [3.05, 3.63) is 53.6 Å². The molecule has 2 rings (SSSR count). The van der Waals surface area contributed by atoms with Crippen LogP contribution < -0.4 is 4.74 Å². The lowest BCUT2D eigenvalue weighted by Gasteiger charge is -2.37. The maximum absolute atomic E-state index is 11.6. The second-order valence-electron chi connectivity index (χ2n) is 8.81. The number of allylic oxidation sites excluding steroid dienone is 2. The van der Waals surface area contributed by atoms with Gasteiger partial charge in [0.15, 0.2) is 0 Å². The molecule has 0 radical (unpaired) electrons. The molecule has 1 aromatic rings. The van der Waals surface area contributed by atoms with Crippen LogP contribution >= 0.6 is 11.6 Å². The van der Waals surface area contributed by atoms with Crippen molar-refractivity contribution in [2.45, 2.75) is 76.8 Å². The van der Waals surface area contributed by atoms with Gasteiger partial charge >= 0.3 is 5.97 Å². The van der Waals surface area contributed by atoms with Crippen molar-refractivity contribution in [3.63, 3.8) is 0 Å². The highest BCUT2D eigenvalue weighted by Gasteiger charge is 2.35. The van der Waals surface area contributed by atoms with E-state index in [9.17, 15) is 20.1 Å². The molecule has 0 spiro atoms. The zero-order chi connectivity index (χ0) is 24.2. The standard InChI is InChI=1S/C26H37ClO6/c1-18(2)33-26(31)11-6-4-3-5-10-22-23(25(30)15-14-24(22)29)13-12-20(28)17-32-21-9-7-8-19(27)16-21/h3,5,7-9,12-13,16,18,20,22-25,28-30H,4,6,10-11,14-15,17H2,1-2H3/b5-3-,13-12+/t20-,22+,23+,24-,25+/m0/s1. The Morgan fingerprint density at radius 1 is 1.21 bits per heavy atom. The van der Waals surface area contributed by atoms with Gasteiger partial charge in [-0.1, -0.05) is 42.0 Å². The lowest BCUT2D eigenvalue weighted by molar-refractivity contribution is -0.147. The Bertz CT molecular complexity index is 778. The number of carbonyl (C=O) groups excluding carboxylic acids is 1. The molecule has 5 atom stereocenters. The number of esters is 1. The molecule has 0 aromatic heterocycles. The number of hydrogen-bond acceptors (Lipinski definition) is 6. The molecule has 0 saturated heterocycles. The van der Waals surface area contributed by atoms with Gasteiger partial charge in [-0.3, -0.25) is 4.79 Å². The highest BCUT2D eigenvalue weighted by Crippen LogP contribution is 2.34. The molecule has 1 fully saturated rings. The summed E-state index contributed by atoms with van der Waals surface area (Å²) in [6.07, 6.45) is 8.89. The summed E-state index contributed by atoms with van der Waals surface area (Å²) in [6, 6.07) is 6.96. The van der Waals surface area contributed by atoms with Crippen molar-refractivity contribution in [1.82, 2.24) is 0 Å². The molecular weight excluding hydrogens is 444 g/mol. The quantitative estimate of drug-likeness (QED) is 0.232. The second kappa shape index (κ2) is 14.4. The molecule has 33 heavy (non-hydrogen) atoms. The predicted octanol–water partition coefficient (Wildman–Crippen LogP) is 4.45. The summed E-state index contributed by atoms with van der Waals surface area (Å²) in [6.45, 7) is 3.72. The van der Waals surface area contributed by atoms with Crippen LogP contribution in [0.3, 0.4) is 0 Å². The fourth-order valence-corrected chi connectivity index (χ4v) is 4.16. The van der Waals surface area contributed by atoms with Crippen molar-refractivity contribution in [2.75, 3.05) is 6.61 Å². The molecular formula is C26H37ClO6. The molecule has 1 aliphatic carbocycles. The zero-order valence-electron chi connectivity index (χ0n) is 19.5. The number of ether oxygens (including phenoxy) is 2. The number of hydrogen-bond donors (Lipinski definition) is 3. The SMILES string of the molecule is CC(C)OC(=O)CCC/C=C\C[C@@H]1[C@@H](/C=C/[C@H](O)COc2cccc(Cl)c2)[C@H](O)CC[C@@H]1O. The molecule has 0 heterocycles. The number of unbranched alkanes of at least 4 members (excludes halogenated alkanes) is 1. The van der Waals surface area contributed by atoms with E-state index in [0.717, 1.165) is 6.42 Å². The van der Waals surface area contributed by atoms with Crippen LogP contribution in [0.15, 0.2) is 48.6 Å². The number of rotatable bonds is 12. The summed E-state index contributed by atoms with van der Waals surface area (Å²) < 4.78 is 10.7. The van der Waals surface area contributed by atoms with E-state index in [4.69, 9.17) is 21.1 Å². The highest BCUT2D eigenvalue weighted by molar-refractivity contribution is 6.30. The zero-order valence-corrected chi connectivity index (χ0v) is 20.2. The Labute approximate surface area is 201 Å². The van der Waals surface area contributed by atoms with Gasteiger partial charge in [-0.15, -0.1) is 0 Å². The van der Waals surface area contributed by atoms with Gasteiger partial charge in [0.05, 0.1) is 18.3 Å². The monoisotopic (exact) mass is 480 g/mol. The van der Waals surface area contributed by atoms with E-state index >= 15 is 0 Å². The Kier molecular flexibility index (Phi) is 12.0. The summed E-state index contributed by atoms with van der Waals surface area (Å²) in [5.74, 6) is -0.0238. The van der Waals surface area contributed by atoms with Crippen LogP contribution in [0.5, 0.6) is 5.75 Å². The summed E-state index contributed by atoms with van der Waals surface area (Å²) >= 11 is 5.94. The fourth-order valence-electron chi connectivity index (χ4n) is 3.98. The molecule has 1 saturated carbocycles. The van der Waals surface area contributed by atoms with Crippen molar-refractivity contribution in [3.8, 4) is 5.75 Å². The highest BCUT2D eigenvalue weighted by atomic mass is 35.5. The molecule has 3 N–H and O–H groups in total. The first-order valence-corrected chi connectivity index (χ1v) is 12.1. The largest absolute Gasteiger partial charge is 0.491 e. The summed E-state index contributed by atoms with van der Waals surface area (Å²) in [4.78, 5) is 11.6. The molecule has 6 nitrogen and oxygen atoms in total. The molecule has 1 aromatic carbocycles. The average Bonchev–Trinajstić information content (AvgIpc) is 2.75. The number of carbonyl (C=O) groups is 1. The third-order valence-corrected chi connectivity index (χ3v) is 5.89. The summed E-state index contributed by atoms with van der Waals surface area (Å²) in [5.41, 5.74) is 0. The van der Waals surface area contributed by atoms with Gasteiger partial charge in [-0.25, -0.2) is 0 Å². The molecule has 0 aliphatic heterocycles. The summed E-state index contributed by atoms with van der Waals surface area (Å²) in [7, 11) is 0. The van der Waals surface area contributed by atoms with Crippen LogP contribution in [0.25, 0.3) is 0 Å². The van der Waals surface area contributed by atoms with Gasteiger partial charge in [0.1, 0.15) is 18.5 Å². The molecule has 1 aliphatic rings. The lowest BCUT2D eigenvalue weighted by Crippen LogP contribution is -2.40. The molecule has 0 unspecified atom stereocenters. The van der Waals surface area contributed by atoms with Crippen LogP contribution in [0, 0.1) is 11.8 Å². The second-order valence-corrected chi connectivity index (χ2v) is 9.25. The van der Waals surface area contributed by atoms with Gasteiger partial charge in [-0.05, 0) is 70.1 Å². The minimum atomic E-state index is -0.850. The maximum atomic E-state index is 11.6. The Morgan fingerprint density at radius 3 is 2.70 bits per heavy atom.